The summed E-state index contributed by atoms with van der Waals surface area (Å²) in [5, 5.41) is 5.43. The van der Waals surface area contributed by atoms with Gasteiger partial charge in [-0.25, -0.2) is 4.98 Å². The van der Waals surface area contributed by atoms with Crippen molar-refractivity contribution in [3.8, 4) is 0 Å². The first-order valence-corrected chi connectivity index (χ1v) is 10.2. The molecule has 26 heavy (non-hydrogen) atoms. The summed E-state index contributed by atoms with van der Waals surface area (Å²) in [7, 11) is 0. The van der Waals surface area contributed by atoms with Crippen LogP contribution in [0.15, 0.2) is 29.9 Å². The molecule has 3 aromatic heterocycles. The maximum absolute atomic E-state index is 13.1. The monoisotopic (exact) mass is 383 g/mol. The molecule has 1 aliphatic rings. The Kier molecular flexibility index (Phi) is 4.65. The fourth-order valence-corrected chi connectivity index (χ4v) is 5.05. The standard InChI is InChI=1S/C19H17N3O2S2/c1-11-9-21-13(10-20-11)18(24)22-19-16(17(23)15-7-4-8-25-15)12-5-2-3-6-14(12)26-19/h4,7-10H,2-3,5-6H2,1H3,(H,22,24). The third kappa shape index (κ3) is 3.20. The summed E-state index contributed by atoms with van der Waals surface area (Å²) in [4.78, 5) is 35.8. The summed E-state index contributed by atoms with van der Waals surface area (Å²) in [5.74, 6) is -0.346. The molecular formula is C19H17N3O2S2. The molecular weight excluding hydrogens is 366 g/mol. The Morgan fingerprint density at radius 1 is 1.15 bits per heavy atom. The molecule has 0 saturated carbocycles. The Hall–Kier alpha value is -2.38. The van der Waals surface area contributed by atoms with Crippen LogP contribution in [0.3, 0.4) is 0 Å². The number of hydrogen-bond donors (Lipinski definition) is 1. The molecule has 0 saturated heterocycles. The Bertz CT molecular complexity index is 960. The highest BCUT2D eigenvalue weighted by atomic mass is 32.1. The lowest BCUT2D eigenvalue weighted by atomic mass is 9.93. The molecule has 5 nitrogen and oxygen atoms in total. The van der Waals surface area contributed by atoms with E-state index in [1.165, 1.54) is 33.7 Å². The van der Waals surface area contributed by atoms with Gasteiger partial charge in [-0.2, -0.15) is 0 Å². The molecule has 132 valence electrons. The van der Waals surface area contributed by atoms with Gasteiger partial charge in [0.2, 0.25) is 5.78 Å². The second-order valence-electron chi connectivity index (χ2n) is 6.22. The van der Waals surface area contributed by atoms with Crippen molar-refractivity contribution in [2.45, 2.75) is 32.6 Å². The predicted octanol–water partition coefficient (Wildman–Crippen LogP) is 4.27. The summed E-state index contributed by atoms with van der Waals surface area (Å²) in [5.41, 5.74) is 2.75. The zero-order valence-electron chi connectivity index (χ0n) is 14.2. The Labute approximate surface area is 159 Å². The molecule has 0 unspecified atom stereocenters. The van der Waals surface area contributed by atoms with E-state index in [9.17, 15) is 9.59 Å². The predicted molar refractivity (Wildman–Crippen MR) is 103 cm³/mol. The molecule has 0 aliphatic heterocycles. The van der Waals surface area contributed by atoms with Crippen molar-refractivity contribution in [1.29, 1.82) is 0 Å². The molecule has 0 fully saturated rings. The van der Waals surface area contributed by atoms with Crippen molar-refractivity contribution in [3.05, 3.63) is 62.2 Å². The van der Waals surface area contributed by atoms with Gasteiger partial charge in [0.1, 0.15) is 10.7 Å². The van der Waals surface area contributed by atoms with Crippen LogP contribution < -0.4 is 5.32 Å². The van der Waals surface area contributed by atoms with Crippen LogP contribution in [0, 0.1) is 6.92 Å². The van der Waals surface area contributed by atoms with Crippen molar-refractivity contribution in [2.75, 3.05) is 5.32 Å². The van der Waals surface area contributed by atoms with Gasteiger partial charge in [-0.1, -0.05) is 6.07 Å². The number of nitrogens with one attached hydrogen (secondary N) is 1. The van der Waals surface area contributed by atoms with Gasteiger partial charge in [0.25, 0.3) is 5.91 Å². The van der Waals surface area contributed by atoms with Crippen LogP contribution in [0.4, 0.5) is 5.00 Å². The second kappa shape index (κ2) is 7.09. The highest BCUT2D eigenvalue weighted by Crippen LogP contribution is 2.39. The third-order valence-electron chi connectivity index (χ3n) is 4.38. The summed E-state index contributed by atoms with van der Waals surface area (Å²) >= 11 is 2.94. The second-order valence-corrected chi connectivity index (χ2v) is 8.27. The Morgan fingerprint density at radius 3 is 2.73 bits per heavy atom. The number of carbonyl (C=O) groups is 2. The van der Waals surface area contributed by atoms with Gasteiger partial charge in [0.15, 0.2) is 0 Å². The smallest absolute Gasteiger partial charge is 0.276 e. The average Bonchev–Trinajstić information content (AvgIpc) is 3.29. The van der Waals surface area contributed by atoms with E-state index < -0.39 is 0 Å². The average molecular weight is 383 g/mol. The molecule has 3 aromatic rings. The lowest BCUT2D eigenvalue weighted by molar-refractivity contribution is 0.102. The first-order chi connectivity index (χ1) is 12.6. The van der Waals surface area contributed by atoms with Crippen LogP contribution in [0.5, 0.6) is 0 Å². The van der Waals surface area contributed by atoms with Crippen LogP contribution in [0.2, 0.25) is 0 Å². The van der Waals surface area contributed by atoms with Gasteiger partial charge in [-0.15, -0.1) is 22.7 Å². The lowest BCUT2D eigenvalue weighted by Gasteiger charge is -2.12. The maximum Gasteiger partial charge on any atom is 0.276 e. The number of hydrogen-bond acceptors (Lipinski definition) is 6. The van der Waals surface area contributed by atoms with E-state index in [0.29, 0.717) is 15.4 Å². The van der Waals surface area contributed by atoms with Gasteiger partial charge in [-0.3, -0.25) is 14.6 Å². The molecule has 1 N–H and O–H groups in total. The quantitative estimate of drug-likeness (QED) is 0.683. The minimum absolute atomic E-state index is 0.00955. The number of amides is 1. The number of nitrogens with zero attached hydrogens (tertiary/aromatic N) is 2. The highest BCUT2D eigenvalue weighted by molar-refractivity contribution is 7.17. The van der Waals surface area contributed by atoms with E-state index in [1.54, 1.807) is 6.20 Å². The normalized spacial score (nSPS) is 13.3. The summed E-state index contributed by atoms with van der Waals surface area (Å²) in [6.07, 6.45) is 7.07. The molecule has 3 heterocycles. The van der Waals surface area contributed by atoms with Crippen LogP contribution in [-0.2, 0) is 12.8 Å². The number of aromatic nitrogens is 2. The van der Waals surface area contributed by atoms with Gasteiger partial charge in [-0.05, 0) is 49.6 Å². The van der Waals surface area contributed by atoms with Crippen molar-refractivity contribution >= 4 is 39.4 Å². The van der Waals surface area contributed by atoms with Crippen LogP contribution in [0.25, 0.3) is 0 Å². The van der Waals surface area contributed by atoms with E-state index in [4.69, 9.17) is 0 Å². The molecule has 0 bridgehead atoms. The SMILES string of the molecule is Cc1cnc(C(=O)Nc2sc3c(c2C(=O)c2cccs2)CCCC3)cn1. The minimum atomic E-state index is -0.337. The lowest BCUT2D eigenvalue weighted by Crippen LogP contribution is -2.16. The first kappa shape index (κ1) is 17.1. The number of fused-ring (bicyclic) bond motifs is 1. The van der Waals surface area contributed by atoms with E-state index >= 15 is 0 Å². The minimum Gasteiger partial charge on any atom is -0.312 e. The van der Waals surface area contributed by atoms with E-state index in [-0.39, 0.29) is 17.4 Å². The number of anilines is 1. The topological polar surface area (TPSA) is 72.0 Å². The van der Waals surface area contributed by atoms with Crippen molar-refractivity contribution in [2.24, 2.45) is 0 Å². The van der Waals surface area contributed by atoms with E-state index in [2.05, 4.69) is 15.3 Å². The largest absolute Gasteiger partial charge is 0.312 e. The number of rotatable bonds is 4. The fourth-order valence-electron chi connectivity index (χ4n) is 3.10. The third-order valence-corrected chi connectivity index (χ3v) is 6.46. The zero-order valence-corrected chi connectivity index (χ0v) is 15.9. The van der Waals surface area contributed by atoms with Crippen LogP contribution >= 0.6 is 22.7 Å². The highest BCUT2D eigenvalue weighted by Gasteiger charge is 2.27. The zero-order chi connectivity index (χ0) is 18.1. The van der Waals surface area contributed by atoms with Crippen molar-refractivity contribution in [3.63, 3.8) is 0 Å². The van der Waals surface area contributed by atoms with Crippen LogP contribution in [-0.4, -0.2) is 21.7 Å². The first-order valence-electron chi connectivity index (χ1n) is 8.46. The molecule has 0 spiro atoms. The molecule has 7 heteroatoms. The van der Waals surface area contributed by atoms with Gasteiger partial charge < -0.3 is 5.32 Å². The Morgan fingerprint density at radius 2 is 2.00 bits per heavy atom. The summed E-state index contributed by atoms with van der Waals surface area (Å²) < 4.78 is 0. The Balaban J connectivity index is 1.71. The van der Waals surface area contributed by atoms with Gasteiger partial charge in [0.05, 0.1) is 22.3 Å². The number of aryl methyl sites for hydroxylation is 2. The number of thiophene rings is 2. The molecule has 0 radical (unpaired) electrons. The van der Waals surface area contributed by atoms with Crippen molar-refractivity contribution in [1.82, 2.24) is 9.97 Å². The fraction of sp³-hybridized carbons (Fsp3) is 0.263. The molecule has 4 rings (SSSR count). The van der Waals surface area contributed by atoms with E-state index in [0.717, 1.165) is 36.9 Å². The molecule has 0 atom stereocenters. The maximum atomic E-state index is 13.1. The van der Waals surface area contributed by atoms with E-state index in [1.807, 2.05) is 24.4 Å². The number of carbonyl (C=O) groups excluding carboxylic acids is 2. The molecule has 0 aromatic carbocycles. The van der Waals surface area contributed by atoms with Crippen molar-refractivity contribution < 1.29 is 9.59 Å². The van der Waals surface area contributed by atoms with Gasteiger partial charge >= 0.3 is 0 Å². The van der Waals surface area contributed by atoms with Gasteiger partial charge in [0, 0.05) is 11.1 Å². The number of ketones is 1. The summed E-state index contributed by atoms with van der Waals surface area (Å²) in [6, 6.07) is 3.70. The molecule has 1 amide bonds. The van der Waals surface area contributed by atoms with Crippen LogP contribution in [0.1, 0.15) is 54.7 Å². The molecule has 1 aliphatic carbocycles. The summed E-state index contributed by atoms with van der Waals surface area (Å²) in [6.45, 7) is 1.82.